The van der Waals surface area contributed by atoms with E-state index >= 15 is 0 Å². The number of likely N-dealkylation sites (N-methyl/N-ethyl adjacent to an activating group) is 1. The first-order valence-corrected chi connectivity index (χ1v) is 6.89. The summed E-state index contributed by atoms with van der Waals surface area (Å²) in [5.74, 6) is -1.06. The minimum Gasteiger partial charge on any atom is -0.478 e. The van der Waals surface area contributed by atoms with Crippen molar-refractivity contribution in [3.8, 4) is 0 Å². The zero-order chi connectivity index (χ0) is 15.6. The Labute approximate surface area is 123 Å². The highest BCUT2D eigenvalue weighted by molar-refractivity contribution is 6.00. The van der Waals surface area contributed by atoms with Crippen LogP contribution in [0.25, 0.3) is 0 Å². The van der Waals surface area contributed by atoms with E-state index in [0.717, 1.165) is 12.0 Å². The summed E-state index contributed by atoms with van der Waals surface area (Å²) in [5, 5.41) is 11.9. The van der Waals surface area contributed by atoms with E-state index in [2.05, 4.69) is 5.32 Å². The summed E-state index contributed by atoms with van der Waals surface area (Å²) in [7, 11) is 1.69. The lowest BCUT2D eigenvalue weighted by Crippen LogP contribution is -2.43. The van der Waals surface area contributed by atoms with Crippen molar-refractivity contribution >= 4 is 17.7 Å². The molecule has 2 atom stereocenters. The molecule has 0 saturated carbocycles. The highest BCUT2D eigenvalue weighted by atomic mass is 16.5. The van der Waals surface area contributed by atoms with Crippen molar-refractivity contribution in [3.05, 3.63) is 29.3 Å². The number of benzene rings is 1. The molecule has 1 aliphatic heterocycles. The van der Waals surface area contributed by atoms with E-state index in [9.17, 15) is 14.7 Å². The Morgan fingerprint density at radius 2 is 2.14 bits per heavy atom. The summed E-state index contributed by atoms with van der Waals surface area (Å²) in [5.41, 5.74) is 1.22. The maximum absolute atomic E-state index is 12.3. The molecule has 0 bridgehead atoms. The molecular formula is C15H20N2O4. The van der Waals surface area contributed by atoms with E-state index < -0.39 is 5.97 Å². The fraction of sp³-hybridized carbons (Fsp3) is 0.467. The Hall–Kier alpha value is -2.08. The second-order valence-corrected chi connectivity index (χ2v) is 5.33. The van der Waals surface area contributed by atoms with Crippen LogP contribution in [0.15, 0.2) is 18.2 Å². The predicted octanol–water partition coefficient (Wildman–Crippen LogP) is 2.33. The van der Waals surface area contributed by atoms with Crippen LogP contribution in [0.1, 0.15) is 29.3 Å². The van der Waals surface area contributed by atoms with Crippen molar-refractivity contribution in [1.29, 1.82) is 0 Å². The monoisotopic (exact) mass is 292 g/mol. The molecule has 2 rings (SSSR count). The van der Waals surface area contributed by atoms with Crippen molar-refractivity contribution in [1.82, 2.24) is 4.90 Å². The summed E-state index contributed by atoms with van der Waals surface area (Å²) in [6, 6.07) is 4.59. The second-order valence-electron chi connectivity index (χ2n) is 5.33. The topological polar surface area (TPSA) is 78.9 Å². The zero-order valence-electron chi connectivity index (χ0n) is 12.4. The van der Waals surface area contributed by atoms with Gasteiger partial charge >= 0.3 is 12.0 Å². The van der Waals surface area contributed by atoms with E-state index in [1.54, 1.807) is 30.1 Å². The number of urea groups is 1. The Kier molecular flexibility index (Phi) is 4.47. The average molecular weight is 292 g/mol. The van der Waals surface area contributed by atoms with Gasteiger partial charge in [-0.1, -0.05) is 11.6 Å². The SMILES string of the molecule is Cc1ccc(NC(=O)N(C)C2CCOC2C)c(C(=O)O)c1. The van der Waals surface area contributed by atoms with Crippen LogP contribution in [0, 0.1) is 6.92 Å². The molecule has 1 aliphatic rings. The lowest BCUT2D eigenvalue weighted by Gasteiger charge is -2.27. The molecule has 1 aromatic carbocycles. The third-order valence-electron chi connectivity index (χ3n) is 3.80. The molecular weight excluding hydrogens is 272 g/mol. The molecule has 114 valence electrons. The number of nitrogens with one attached hydrogen (secondary N) is 1. The quantitative estimate of drug-likeness (QED) is 0.896. The number of hydrogen-bond donors (Lipinski definition) is 2. The molecule has 2 unspecified atom stereocenters. The lowest BCUT2D eigenvalue weighted by molar-refractivity contribution is 0.0697. The number of nitrogens with zero attached hydrogens (tertiary/aromatic N) is 1. The highest BCUT2D eigenvalue weighted by Gasteiger charge is 2.31. The molecule has 6 nitrogen and oxygen atoms in total. The Bertz CT molecular complexity index is 559. The number of amides is 2. The smallest absolute Gasteiger partial charge is 0.337 e. The third kappa shape index (κ3) is 3.33. The van der Waals surface area contributed by atoms with Gasteiger partial charge in [0.05, 0.1) is 23.4 Å². The number of ether oxygens (including phenoxy) is 1. The van der Waals surface area contributed by atoms with Crippen LogP contribution < -0.4 is 5.32 Å². The molecule has 1 aromatic rings. The Balaban J connectivity index is 2.14. The number of hydrogen-bond acceptors (Lipinski definition) is 3. The summed E-state index contributed by atoms with van der Waals surface area (Å²) < 4.78 is 5.45. The Morgan fingerprint density at radius 3 is 2.71 bits per heavy atom. The third-order valence-corrected chi connectivity index (χ3v) is 3.80. The summed E-state index contributed by atoms with van der Waals surface area (Å²) in [6.45, 7) is 4.37. The maximum atomic E-state index is 12.3. The fourth-order valence-electron chi connectivity index (χ4n) is 2.53. The van der Waals surface area contributed by atoms with Crippen LogP contribution in [-0.4, -0.2) is 47.8 Å². The molecule has 0 aromatic heterocycles. The van der Waals surface area contributed by atoms with Gasteiger partial charge in [0.25, 0.3) is 0 Å². The second kappa shape index (κ2) is 6.13. The highest BCUT2D eigenvalue weighted by Crippen LogP contribution is 2.21. The lowest BCUT2D eigenvalue weighted by atomic mass is 10.1. The fourth-order valence-corrected chi connectivity index (χ4v) is 2.53. The molecule has 6 heteroatoms. The van der Waals surface area contributed by atoms with E-state index in [-0.39, 0.29) is 23.7 Å². The standard InChI is InChI=1S/C15H20N2O4/c1-9-4-5-12(11(8-9)14(18)19)16-15(20)17(3)13-6-7-21-10(13)2/h4-5,8,10,13H,6-7H2,1-3H3,(H,16,20)(H,18,19). The molecule has 1 saturated heterocycles. The van der Waals surface area contributed by atoms with Gasteiger partial charge in [-0.25, -0.2) is 9.59 Å². The minimum atomic E-state index is -1.06. The first-order valence-electron chi connectivity index (χ1n) is 6.89. The average Bonchev–Trinajstić information content (AvgIpc) is 2.85. The van der Waals surface area contributed by atoms with Crippen molar-refractivity contribution in [2.24, 2.45) is 0 Å². The van der Waals surface area contributed by atoms with Gasteiger partial charge in [-0.15, -0.1) is 0 Å². The number of carbonyl (C=O) groups is 2. The number of carboxylic acid groups (broad SMARTS) is 1. The van der Waals surface area contributed by atoms with E-state index in [4.69, 9.17) is 4.74 Å². The summed E-state index contributed by atoms with van der Waals surface area (Å²) in [4.78, 5) is 25.1. The van der Waals surface area contributed by atoms with Crippen LogP contribution in [-0.2, 0) is 4.74 Å². The number of carboxylic acids is 1. The van der Waals surface area contributed by atoms with E-state index in [1.165, 1.54) is 0 Å². The van der Waals surface area contributed by atoms with Crippen LogP contribution in [0.4, 0.5) is 10.5 Å². The van der Waals surface area contributed by atoms with Crippen LogP contribution >= 0.6 is 0 Å². The normalized spacial score (nSPS) is 21.1. The first kappa shape index (κ1) is 15.3. The molecule has 2 N–H and O–H groups in total. The molecule has 1 fully saturated rings. The maximum Gasteiger partial charge on any atom is 0.337 e. The number of anilines is 1. The molecule has 0 aliphatic carbocycles. The predicted molar refractivity (Wildman–Crippen MR) is 78.7 cm³/mol. The van der Waals surface area contributed by atoms with Crippen molar-refractivity contribution < 1.29 is 19.4 Å². The van der Waals surface area contributed by atoms with Crippen molar-refractivity contribution in [2.75, 3.05) is 19.0 Å². The number of rotatable bonds is 3. The van der Waals surface area contributed by atoms with Crippen molar-refractivity contribution in [3.63, 3.8) is 0 Å². The summed E-state index contributed by atoms with van der Waals surface area (Å²) in [6.07, 6.45) is 0.767. The van der Waals surface area contributed by atoms with Crippen LogP contribution in [0.5, 0.6) is 0 Å². The van der Waals surface area contributed by atoms with Crippen molar-refractivity contribution in [2.45, 2.75) is 32.4 Å². The molecule has 21 heavy (non-hydrogen) atoms. The van der Waals surface area contributed by atoms with Gasteiger partial charge in [0.2, 0.25) is 0 Å². The molecule has 1 heterocycles. The molecule has 2 amide bonds. The van der Waals surface area contributed by atoms with Gasteiger partial charge in [-0.3, -0.25) is 0 Å². The van der Waals surface area contributed by atoms with Crippen LogP contribution in [0.3, 0.4) is 0 Å². The van der Waals surface area contributed by atoms with Gasteiger partial charge < -0.3 is 20.1 Å². The van der Waals surface area contributed by atoms with E-state index in [0.29, 0.717) is 12.3 Å². The largest absolute Gasteiger partial charge is 0.478 e. The van der Waals surface area contributed by atoms with Gasteiger partial charge in [-0.2, -0.15) is 0 Å². The van der Waals surface area contributed by atoms with Gasteiger partial charge in [0.15, 0.2) is 0 Å². The molecule has 0 radical (unpaired) electrons. The summed E-state index contributed by atoms with van der Waals surface area (Å²) >= 11 is 0. The number of aryl methyl sites for hydroxylation is 1. The van der Waals surface area contributed by atoms with Crippen LogP contribution in [0.2, 0.25) is 0 Å². The number of aromatic carboxylic acids is 1. The molecule has 0 spiro atoms. The van der Waals surface area contributed by atoms with E-state index in [1.807, 2.05) is 13.8 Å². The van der Waals surface area contributed by atoms with Gasteiger partial charge in [0, 0.05) is 13.7 Å². The number of carbonyl (C=O) groups excluding carboxylic acids is 1. The van der Waals surface area contributed by atoms with Gasteiger partial charge in [0.1, 0.15) is 0 Å². The zero-order valence-corrected chi connectivity index (χ0v) is 12.4. The minimum absolute atomic E-state index is 0.00345. The Morgan fingerprint density at radius 1 is 1.43 bits per heavy atom. The van der Waals surface area contributed by atoms with Gasteiger partial charge in [-0.05, 0) is 32.4 Å². The first-order chi connectivity index (χ1) is 9.90.